The first-order chi connectivity index (χ1) is 8.95. The second kappa shape index (κ2) is 7.59. The molecular weight excluding hydrogens is 268 g/mol. The number of aliphatic hydroxyl groups excluding tert-OH is 1. The van der Waals surface area contributed by atoms with E-state index in [-0.39, 0.29) is 6.04 Å². The summed E-state index contributed by atoms with van der Waals surface area (Å²) in [5.74, 6) is -0.244. The molecule has 4 atom stereocenters. The molecule has 2 unspecified atom stereocenters. The van der Waals surface area contributed by atoms with Gasteiger partial charge in [-0.25, -0.2) is 9.59 Å². The van der Waals surface area contributed by atoms with Crippen LogP contribution in [0, 0.1) is 0 Å². The number of urea groups is 1. The molecule has 0 heterocycles. The Kier molecular flexibility index (Phi) is 6.44. The van der Waals surface area contributed by atoms with Crippen molar-refractivity contribution in [1.82, 2.24) is 10.6 Å². The second-order valence-corrected chi connectivity index (χ2v) is 6.22. The molecule has 4 N–H and O–H groups in total. The number of amides is 2. The second-order valence-electron chi connectivity index (χ2n) is 4.71. The third-order valence-corrected chi connectivity index (χ3v) is 4.51. The summed E-state index contributed by atoms with van der Waals surface area (Å²) in [6, 6.07) is -1.73. The van der Waals surface area contributed by atoms with Gasteiger partial charge in [0.15, 0.2) is 6.04 Å². The van der Waals surface area contributed by atoms with Crippen LogP contribution in [0.2, 0.25) is 0 Å². The van der Waals surface area contributed by atoms with Gasteiger partial charge in [0.25, 0.3) is 0 Å². The Morgan fingerprint density at radius 1 is 1.42 bits per heavy atom. The molecule has 0 aromatic heterocycles. The summed E-state index contributed by atoms with van der Waals surface area (Å²) in [6.07, 6.45) is 1.92. The van der Waals surface area contributed by atoms with Crippen LogP contribution in [0.25, 0.3) is 0 Å². The maximum atomic E-state index is 11.8. The van der Waals surface area contributed by atoms with E-state index in [1.807, 2.05) is 11.8 Å². The van der Waals surface area contributed by atoms with Crippen molar-refractivity contribution >= 4 is 23.8 Å². The van der Waals surface area contributed by atoms with Crippen LogP contribution in [0.1, 0.15) is 33.1 Å². The summed E-state index contributed by atoms with van der Waals surface area (Å²) >= 11 is 1.81. The molecule has 0 spiro atoms. The summed E-state index contributed by atoms with van der Waals surface area (Å²) in [4.78, 5) is 22.6. The Balaban J connectivity index is 2.47. The maximum absolute atomic E-state index is 11.8. The number of rotatable bonds is 6. The Labute approximate surface area is 117 Å². The number of nitrogens with one attached hydrogen (secondary N) is 2. The topological polar surface area (TPSA) is 98.7 Å². The molecule has 2 amide bonds. The van der Waals surface area contributed by atoms with Crippen LogP contribution in [0.15, 0.2) is 0 Å². The number of carbonyl (C=O) groups excluding carboxylic acids is 1. The smallest absolute Gasteiger partial charge is 0.328 e. The largest absolute Gasteiger partial charge is 0.480 e. The van der Waals surface area contributed by atoms with Gasteiger partial charge >= 0.3 is 12.0 Å². The fourth-order valence-electron chi connectivity index (χ4n) is 2.24. The van der Waals surface area contributed by atoms with Crippen LogP contribution in [-0.2, 0) is 4.79 Å². The lowest BCUT2D eigenvalue weighted by molar-refractivity contribution is -0.141. The van der Waals surface area contributed by atoms with Gasteiger partial charge in [-0.3, -0.25) is 0 Å². The van der Waals surface area contributed by atoms with Crippen LogP contribution < -0.4 is 10.6 Å². The molecule has 1 aliphatic carbocycles. The highest BCUT2D eigenvalue weighted by Crippen LogP contribution is 2.29. The van der Waals surface area contributed by atoms with Crippen LogP contribution >= 0.6 is 11.8 Å². The molecule has 0 aromatic carbocycles. The third-order valence-electron chi connectivity index (χ3n) is 3.18. The predicted molar refractivity (Wildman–Crippen MR) is 74.3 cm³/mol. The van der Waals surface area contributed by atoms with E-state index in [0.29, 0.717) is 5.25 Å². The van der Waals surface area contributed by atoms with Crippen molar-refractivity contribution in [3.8, 4) is 0 Å². The van der Waals surface area contributed by atoms with Gasteiger partial charge in [0.1, 0.15) is 0 Å². The van der Waals surface area contributed by atoms with Gasteiger partial charge in [-0.1, -0.05) is 13.3 Å². The van der Waals surface area contributed by atoms with E-state index in [0.717, 1.165) is 25.0 Å². The number of hydrogen-bond donors (Lipinski definition) is 4. The van der Waals surface area contributed by atoms with Crippen molar-refractivity contribution in [3.05, 3.63) is 0 Å². The van der Waals surface area contributed by atoms with E-state index in [4.69, 9.17) is 5.11 Å². The van der Waals surface area contributed by atoms with Crippen LogP contribution in [0.3, 0.4) is 0 Å². The van der Waals surface area contributed by atoms with E-state index in [2.05, 4.69) is 17.6 Å². The van der Waals surface area contributed by atoms with E-state index in [1.165, 1.54) is 6.92 Å². The molecule has 1 saturated carbocycles. The standard InChI is InChI=1S/C12H22N2O4S/c1-3-19-9-6-4-5-8(9)13-12(18)14-10(7(2)15)11(16)17/h7-10,15H,3-6H2,1-2H3,(H,16,17)(H2,13,14,18)/t7-,8?,9?,10+/m1/s1. The minimum absolute atomic E-state index is 0.0772. The fraction of sp³-hybridized carbons (Fsp3) is 0.833. The molecule has 1 aliphatic rings. The van der Waals surface area contributed by atoms with Gasteiger partial charge in [-0.2, -0.15) is 11.8 Å². The molecule has 110 valence electrons. The zero-order valence-corrected chi connectivity index (χ0v) is 12.1. The van der Waals surface area contributed by atoms with E-state index in [1.54, 1.807) is 0 Å². The van der Waals surface area contributed by atoms with Gasteiger partial charge in [0.05, 0.1) is 6.10 Å². The molecular formula is C12H22N2O4S. The minimum atomic E-state index is -1.28. The summed E-state index contributed by atoms with van der Waals surface area (Å²) in [7, 11) is 0. The van der Waals surface area contributed by atoms with E-state index in [9.17, 15) is 14.7 Å². The number of aliphatic carboxylic acids is 1. The molecule has 1 fully saturated rings. The van der Waals surface area contributed by atoms with Gasteiger partial charge in [-0.15, -0.1) is 0 Å². The van der Waals surface area contributed by atoms with Crippen LogP contribution in [0.5, 0.6) is 0 Å². The molecule has 1 rings (SSSR count). The Morgan fingerprint density at radius 2 is 2.11 bits per heavy atom. The number of thioether (sulfide) groups is 1. The average Bonchev–Trinajstić information content (AvgIpc) is 2.73. The van der Waals surface area contributed by atoms with Crippen LogP contribution in [0.4, 0.5) is 4.79 Å². The maximum Gasteiger partial charge on any atom is 0.328 e. The zero-order chi connectivity index (χ0) is 14.4. The molecule has 0 saturated heterocycles. The molecule has 0 aliphatic heterocycles. The zero-order valence-electron chi connectivity index (χ0n) is 11.3. The summed E-state index contributed by atoms with van der Waals surface area (Å²) < 4.78 is 0. The molecule has 0 bridgehead atoms. The fourth-order valence-corrected chi connectivity index (χ4v) is 3.44. The number of carboxylic acids is 1. The predicted octanol–water partition coefficient (Wildman–Crippen LogP) is 0.794. The Bertz CT molecular complexity index is 325. The van der Waals surface area contributed by atoms with Crippen molar-refractivity contribution in [3.63, 3.8) is 0 Å². The van der Waals surface area contributed by atoms with Crippen molar-refractivity contribution in [1.29, 1.82) is 0 Å². The van der Waals surface area contributed by atoms with Gasteiger partial charge in [-0.05, 0) is 25.5 Å². The number of carboxylic acid groups (broad SMARTS) is 1. The minimum Gasteiger partial charge on any atom is -0.480 e. The van der Waals surface area contributed by atoms with Crippen molar-refractivity contribution < 1.29 is 19.8 Å². The summed E-state index contributed by atoms with van der Waals surface area (Å²) in [6.45, 7) is 3.42. The Morgan fingerprint density at radius 3 is 2.63 bits per heavy atom. The quantitative estimate of drug-likeness (QED) is 0.580. The number of aliphatic hydroxyl groups is 1. The number of carbonyl (C=O) groups is 2. The SMILES string of the molecule is CCSC1CCCC1NC(=O)N[C@H](C(=O)O)[C@@H](C)O. The molecule has 19 heavy (non-hydrogen) atoms. The van der Waals surface area contributed by atoms with Gasteiger partial charge in [0, 0.05) is 11.3 Å². The lowest BCUT2D eigenvalue weighted by atomic mass is 10.2. The summed E-state index contributed by atoms with van der Waals surface area (Å²) in [5.41, 5.74) is 0. The van der Waals surface area contributed by atoms with E-state index < -0.39 is 24.1 Å². The lowest BCUT2D eigenvalue weighted by Crippen LogP contribution is -2.53. The molecule has 6 nitrogen and oxygen atoms in total. The third kappa shape index (κ3) is 4.91. The van der Waals surface area contributed by atoms with Crippen LogP contribution in [-0.4, -0.2) is 51.4 Å². The highest BCUT2D eigenvalue weighted by molar-refractivity contribution is 7.99. The van der Waals surface area contributed by atoms with Gasteiger partial charge in [0.2, 0.25) is 0 Å². The van der Waals surface area contributed by atoms with E-state index >= 15 is 0 Å². The highest BCUT2D eigenvalue weighted by atomic mass is 32.2. The van der Waals surface area contributed by atoms with Crippen molar-refractivity contribution in [2.24, 2.45) is 0 Å². The first-order valence-electron chi connectivity index (χ1n) is 6.55. The van der Waals surface area contributed by atoms with Crippen molar-refractivity contribution in [2.45, 2.75) is 56.5 Å². The lowest BCUT2D eigenvalue weighted by Gasteiger charge is -2.23. The monoisotopic (exact) mass is 290 g/mol. The van der Waals surface area contributed by atoms with Gasteiger partial charge < -0.3 is 20.8 Å². The molecule has 0 aromatic rings. The number of hydrogen-bond acceptors (Lipinski definition) is 4. The highest BCUT2D eigenvalue weighted by Gasteiger charge is 2.30. The normalized spacial score (nSPS) is 25.6. The molecule has 0 radical (unpaired) electrons. The summed E-state index contributed by atoms with van der Waals surface area (Å²) in [5, 5.41) is 23.7. The average molecular weight is 290 g/mol. The first kappa shape index (κ1) is 16.1. The first-order valence-corrected chi connectivity index (χ1v) is 7.60. The molecule has 7 heteroatoms. The Hall–Kier alpha value is -0.950. The van der Waals surface area contributed by atoms with Crippen molar-refractivity contribution in [2.75, 3.05) is 5.75 Å².